The molecule has 2 amide bonds. The summed E-state index contributed by atoms with van der Waals surface area (Å²) in [5.74, 6) is 1.14. The third kappa shape index (κ3) is 5.10. The minimum atomic E-state index is -1.12. The number of hydrogen-bond donors (Lipinski definition) is 2. The zero-order chi connectivity index (χ0) is 15.0. The Hall–Kier alpha value is -1.74. The fraction of sp³-hybridized carbons (Fsp3) is 0.714. The number of carbonyl (C=O) groups is 2. The van der Waals surface area contributed by atoms with Crippen LogP contribution in [0, 0.1) is 12.3 Å². The lowest BCUT2D eigenvalue weighted by molar-refractivity contribution is -0.139. The van der Waals surface area contributed by atoms with Crippen LogP contribution in [-0.4, -0.2) is 53.8 Å². The summed E-state index contributed by atoms with van der Waals surface area (Å²) in [5, 5.41) is 11.4. The number of urea groups is 1. The molecule has 2 atom stereocenters. The number of piperidine rings is 1. The van der Waals surface area contributed by atoms with Crippen molar-refractivity contribution in [1.29, 1.82) is 0 Å². The monoisotopic (exact) mass is 282 g/mol. The molecule has 0 spiro atoms. The van der Waals surface area contributed by atoms with Crippen molar-refractivity contribution in [3.8, 4) is 12.3 Å². The molecule has 0 saturated carbocycles. The maximum absolute atomic E-state index is 12.0. The Morgan fingerprint density at radius 3 is 2.95 bits per heavy atom. The van der Waals surface area contributed by atoms with E-state index in [0.29, 0.717) is 19.7 Å². The first-order valence-corrected chi connectivity index (χ1v) is 6.91. The number of nitrogens with zero attached hydrogens (tertiary/aromatic N) is 1. The van der Waals surface area contributed by atoms with Crippen LogP contribution in [0.25, 0.3) is 0 Å². The second-order valence-electron chi connectivity index (χ2n) is 4.83. The highest BCUT2D eigenvalue weighted by Crippen LogP contribution is 2.13. The first-order valence-electron chi connectivity index (χ1n) is 6.91. The molecule has 0 bridgehead atoms. The number of nitrogens with one attached hydrogen (secondary N) is 1. The van der Waals surface area contributed by atoms with Gasteiger partial charge in [0.15, 0.2) is 0 Å². The summed E-state index contributed by atoms with van der Waals surface area (Å²) in [6.07, 6.45) is 7.83. The Morgan fingerprint density at radius 1 is 1.60 bits per heavy atom. The SMILES string of the molecule is C#CCC(NC(=O)N1CCCC(OCCC)C1)C(=O)O. The molecule has 1 fully saturated rings. The average Bonchev–Trinajstić information content (AvgIpc) is 2.44. The van der Waals surface area contributed by atoms with Gasteiger partial charge in [-0.05, 0) is 19.3 Å². The highest BCUT2D eigenvalue weighted by Gasteiger charge is 2.27. The largest absolute Gasteiger partial charge is 0.480 e. The summed E-state index contributed by atoms with van der Waals surface area (Å²) < 4.78 is 5.64. The number of carboxylic acid groups (broad SMARTS) is 1. The van der Waals surface area contributed by atoms with E-state index in [1.807, 2.05) is 6.92 Å². The number of aliphatic carboxylic acids is 1. The summed E-state index contributed by atoms with van der Waals surface area (Å²) in [4.78, 5) is 24.6. The number of carbonyl (C=O) groups excluding carboxylic acids is 1. The Morgan fingerprint density at radius 2 is 2.35 bits per heavy atom. The van der Waals surface area contributed by atoms with E-state index in [2.05, 4.69) is 11.2 Å². The number of carboxylic acids is 1. The fourth-order valence-electron chi connectivity index (χ4n) is 2.10. The Labute approximate surface area is 119 Å². The van der Waals surface area contributed by atoms with Crippen LogP contribution in [0.1, 0.15) is 32.6 Å². The molecule has 0 aromatic rings. The Kier molecular flexibility index (Phi) is 6.88. The summed E-state index contributed by atoms with van der Waals surface area (Å²) >= 11 is 0. The van der Waals surface area contributed by atoms with Crippen LogP contribution < -0.4 is 5.32 Å². The number of hydrogen-bond acceptors (Lipinski definition) is 3. The van der Waals surface area contributed by atoms with Crippen LogP contribution >= 0.6 is 0 Å². The molecule has 1 heterocycles. The van der Waals surface area contributed by atoms with Crippen molar-refractivity contribution in [3.63, 3.8) is 0 Å². The molecule has 1 aliphatic rings. The predicted octanol–water partition coefficient (Wildman–Crippen LogP) is 1.06. The standard InChI is InChI=1S/C14H22N2O4/c1-3-6-12(13(17)18)15-14(19)16-8-5-7-11(10-16)20-9-4-2/h1,11-12H,4-10H2,2H3,(H,15,19)(H,17,18). The first kappa shape index (κ1) is 16.3. The summed E-state index contributed by atoms with van der Waals surface area (Å²) in [6, 6.07) is -1.43. The second kappa shape index (κ2) is 8.43. The van der Waals surface area contributed by atoms with Gasteiger partial charge < -0.3 is 20.1 Å². The minimum absolute atomic E-state index is 0.0231. The van der Waals surface area contributed by atoms with Crippen molar-refractivity contribution >= 4 is 12.0 Å². The van der Waals surface area contributed by atoms with E-state index >= 15 is 0 Å². The number of amides is 2. The maximum Gasteiger partial charge on any atom is 0.327 e. The fourth-order valence-corrected chi connectivity index (χ4v) is 2.10. The molecular formula is C14H22N2O4. The highest BCUT2D eigenvalue weighted by atomic mass is 16.5. The van der Waals surface area contributed by atoms with Crippen LogP contribution in [0.15, 0.2) is 0 Å². The third-order valence-electron chi connectivity index (χ3n) is 3.14. The van der Waals surface area contributed by atoms with Gasteiger partial charge in [0.05, 0.1) is 6.10 Å². The van der Waals surface area contributed by atoms with Crippen molar-refractivity contribution in [1.82, 2.24) is 10.2 Å². The van der Waals surface area contributed by atoms with Gasteiger partial charge in [-0.15, -0.1) is 12.3 Å². The predicted molar refractivity (Wildman–Crippen MR) is 74.2 cm³/mol. The molecule has 112 valence electrons. The van der Waals surface area contributed by atoms with Gasteiger partial charge in [0.25, 0.3) is 0 Å². The number of ether oxygens (including phenoxy) is 1. The van der Waals surface area contributed by atoms with E-state index in [0.717, 1.165) is 19.3 Å². The van der Waals surface area contributed by atoms with Gasteiger partial charge in [-0.1, -0.05) is 6.92 Å². The molecule has 0 aromatic carbocycles. The zero-order valence-electron chi connectivity index (χ0n) is 11.8. The quantitative estimate of drug-likeness (QED) is 0.714. The molecular weight excluding hydrogens is 260 g/mol. The van der Waals surface area contributed by atoms with E-state index in [1.54, 1.807) is 4.90 Å². The molecule has 6 heteroatoms. The summed E-state index contributed by atoms with van der Waals surface area (Å²) in [5.41, 5.74) is 0. The molecule has 1 rings (SSSR count). The van der Waals surface area contributed by atoms with Crippen LogP contribution in [-0.2, 0) is 9.53 Å². The van der Waals surface area contributed by atoms with E-state index in [-0.39, 0.29) is 12.5 Å². The normalized spacial score (nSPS) is 20.0. The van der Waals surface area contributed by atoms with Crippen molar-refractivity contribution < 1.29 is 19.4 Å². The molecule has 1 aliphatic heterocycles. The molecule has 1 saturated heterocycles. The van der Waals surface area contributed by atoms with Crippen LogP contribution in [0.5, 0.6) is 0 Å². The summed E-state index contributed by atoms with van der Waals surface area (Å²) in [6.45, 7) is 3.81. The van der Waals surface area contributed by atoms with Crippen molar-refractivity contribution in [3.05, 3.63) is 0 Å². The number of terminal acetylenes is 1. The number of likely N-dealkylation sites (tertiary alicyclic amines) is 1. The van der Waals surface area contributed by atoms with Crippen LogP contribution in [0.2, 0.25) is 0 Å². The minimum Gasteiger partial charge on any atom is -0.480 e. The molecule has 2 N–H and O–H groups in total. The van der Waals surface area contributed by atoms with E-state index in [9.17, 15) is 9.59 Å². The van der Waals surface area contributed by atoms with Gasteiger partial charge in [0.1, 0.15) is 6.04 Å². The van der Waals surface area contributed by atoms with Gasteiger partial charge in [0.2, 0.25) is 0 Å². The average molecular weight is 282 g/mol. The van der Waals surface area contributed by atoms with Crippen molar-refractivity contribution in [2.75, 3.05) is 19.7 Å². The van der Waals surface area contributed by atoms with Crippen LogP contribution in [0.3, 0.4) is 0 Å². The lowest BCUT2D eigenvalue weighted by Crippen LogP contribution is -2.52. The van der Waals surface area contributed by atoms with Crippen molar-refractivity contribution in [2.45, 2.75) is 44.8 Å². The lowest BCUT2D eigenvalue weighted by Gasteiger charge is -2.33. The maximum atomic E-state index is 12.0. The van der Waals surface area contributed by atoms with Crippen molar-refractivity contribution in [2.24, 2.45) is 0 Å². The van der Waals surface area contributed by atoms with Gasteiger partial charge in [-0.25, -0.2) is 9.59 Å². The Balaban J connectivity index is 2.49. The molecule has 6 nitrogen and oxygen atoms in total. The molecule has 2 unspecified atom stereocenters. The van der Waals surface area contributed by atoms with Gasteiger partial charge >= 0.3 is 12.0 Å². The van der Waals surface area contributed by atoms with Gasteiger partial charge in [-0.2, -0.15) is 0 Å². The second-order valence-corrected chi connectivity index (χ2v) is 4.83. The zero-order valence-corrected chi connectivity index (χ0v) is 11.8. The highest BCUT2D eigenvalue weighted by molar-refractivity contribution is 5.82. The third-order valence-corrected chi connectivity index (χ3v) is 3.14. The molecule has 0 aliphatic carbocycles. The molecule has 20 heavy (non-hydrogen) atoms. The molecule has 0 aromatic heterocycles. The topological polar surface area (TPSA) is 78.9 Å². The van der Waals surface area contributed by atoms with Crippen LogP contribution in [0.4, 0.5) is 4.79 Å². The number of rotatable bonds is 6. The van der Waals surface area contributed by atoms with E-state index in [1.165, 1.54) is 0 Å². The van der Waals surface area contributed by atoms with Gasteiger partial charge in [-0.3, -0.25) is 0 Å². The lowest BCUT2D eigenvalue weighted by atomic mass is 10.1. The van der Waals surface area contributed by atoms with E-state index in [4.69, 9.17) is 16.3 Å². The smallest absolute Gasteiger partial charge is 0.327 e. The summed E-state index contributed by atoms with van der Waals surface area (Å²) in [7, 11) is 0. The first-order chi connectivity index (χ1) is 9.58. The van der Waals surface area contributed by atoms with Gasteiger partial charge in [0, 0.05) is 26.1 Å². The van der Waals surface area contributed by atoms with E-state index < -0.39 is 18.0 Å². The molecule has 0 radical (unpaired) electrons. The Bertz CT molecular complexity index is 378.